The standard InChI is InChI=1S/C21H20N2O2/c1-2-25-19-13-11-17(12-14-19)20(24)16-23(18-8-4-3-5-9-18)21-10-6-7-15-22-21/h3-15H,2,16H2,1H3. The molecule has 25 heavy (non-hydrogen) atoms. The Hall–Kier alpha value is -3.14. The summed E-state index contributed by atoms with van der Waals surface area (Å²) in [6.07, 6.45) is 1.73. The first-order chi connectivity index (χ1) is 12.3. The number of rotatable bonds is 7. The quantitative estimate of drug-likeness (QED) is 0.597. The summed E-state index contributed by atoms with van der Waals surface area (Å²) >= 11 is 0. The number of Topliss-reactive ketones (excluding diaryl/α,β-unsaturated/α-hetero) is 1. The number of para-hydroxylation sites is 1. The zero-order valence-corrected chi connectivity index (χ0v) is 14.1. The maximum atomic E-state index is 12.8. The van der Waals surface area contributed by atoms with Crippen LogP contribution in [0, 0.1) is 0 Å². The molecular formula is C21H20N2O2. The van der Waals surface area contributed by atoms with E-state index in [1.54, 1.807) is 18.3 Å². The molecule has 0 aliphatic carbocycles. The number of aromatic nitrogens is 1. The zero-order chi connectivity index (χ0) is 17.5. The van der Waals surface area contributed by atoms with Gasteiger partial charge in [0, 0.05) is 17.4 Å². The number of anilines is 2. The van der Waals surface area contributed by atoms with Crippen molar-refractivity contribution in [1.82, 2.24) is 4.98 Å². The Balaban J connectivity index is 1.84. The number of carbonyl (C=O) groups excluding carboxylic acids is 1. The molecule has 0 bridgehead atoms. The van der Waals surface area contributed by atoms with E-state index >= 15 is 0 Å². The normalized spacial score (nSPS) is 10.3. The molecule has 0 aliphatic rings. The molecule has 0 amide bonds. The summed E-state index contributed by atoms with van der Waals surface area (Å²) in [7, 11) is 0. The summed E-state index contributed by atoms with van der Waals surface area (Å²) < 4.78 is 5.43. The molecule has 4 heteroatoms. The molecule has 0 spiro atoms. The van der Waals surface area contributed by atoms with E-state index in [1.165, 1.54) is 0 Å². The Labute approximate surface area is 147 Å². The molecule has 0 N–H and O–H groups in total. The summed E-state index contributed by atoms with van der Waals surface area (Å²) in [5.74, 6) is 1.54. The second-order valence-electron chi connectivity index (χ2n) is 5.49. The van der Waals surface area contributed by atoms with Gasteiger partial charge in [-0.05, 0) is 55.5 Å². The zero-order valence-electron chi connectivity index (χ0n) is 14.1. The lowest BCUT2D eigenvalue weighted by Crippen LogP contribution is -2.26. The number of hydrogen-bond acceptors (Lipinski definition) is 4. The smallest absolute Gasteiger partial charge is 0.182 e. The van der Waals surface area contributed by atoms with E-state index in [0.717, 1.165) is 17.3 Å². The summed E-state index contributed by atoms with van der Waals surface area (Å²) in [5, 5.41) is 0. The fourth-order valence-electron chi connectivity index (χ4n) is 2.56. The number of carbonyl (C=O) groups is 1. The van der Waals surface area contributed by atoms with Crippen LogP contribution in [0.25, 0.3) is 0 Å². The molecule has 3 rings (SSSR count). The van der Waals surface area contributed by atoms with E-state index in [-0.39, 0.29) is 12.3 Å². The van der Waals surface area contributed by atoms with E-state index in [9.17, 15) is 4.79 Å². The number of ether oxygens (including phenoxy) is 1. The number of hydrogen-bond donors (Lipinski definition) is 0. The first kappa shape index (κ1) is 16.7. The molecule has 4 nitrogen and oxygen atoms in total. The molecule has 0 fully saturated rings. The van der Waals surface area contributed by atoms with Crippen LogP contribution in [0.15, 0.2) is 79.0 Å². The summed E-state index contributed by atoms with van der Waals surface area (Å²) in [6.45, 7) is 2.76. The molecule has 0 aliphatic heterocycles. The molecule has 126 valence electrons. The molecule has 0 radical (unpaired) electrons. The summed E-state index contributed by atoms with van der Waals surface area (Å²) in [5.41, 5.74) is 1.58. The summed E-state index contributed by atoms with van der Waals surface area (Å²) in [6, 6.07) is 22.7. The van der Waals surface area contributed by atoms with Crippen molar-refractivity contribution in [3.63, 3.8) is 0 Å². The van der Waals surface area contributed by atoms with Gasteiger partial charge in [-0.25, -0.2) is 4.98 Å². The van der Waals surface area contributed by atoms with Gasteiger partial charge in [0.15, 0.2) is 5.78 Å². The molecule has 0 unspecified atom stereocenters. The van der Waals surface area contributed by atoms with Crippen LogP contribution in [-0.2, 0) is 0 Å². The third-order valence-electron chi connectivity index (χ3n) is 3.78. The fraction of sp³-hybridized carbons (Fsp3) is 0.143. The monoisotopic (exact) mass is 332 g/mol. The van der Waals surface area contributed by atoms with Gasteiger partial charge in [-0.1, -0.05) is 24.3 Å². The Morgan fingerprint density at radius 3 is 2.32 bits per heavy atom. The van der Waals surface area contributed by atoms with E-state index in [1.807, 2.05) is 72.5 Å². The molecule has 0 saturated carbocycles. The van der Waals surface area contributed by atoms with Crippen molar-refractivity contribution in [3.8, 4) is 5.75 Å². The van der Waals surface area contributed by atoms with Gasteiger partial charge in [-0.3, -0.25) is 4.79 Å². The van der Waals surface area contributed by atoms with Crippen molar-refractivity contribution in [2.24, 2.45) is 0 Å². The van der Waals surface area contributed by atoms with Crippen LogP contribution < -0.4 is 9.64 Å². The number of benzene rings is 2. The minimum atomic E-state index is 0.0255. The minimum absolute atomic E-state index is 0.0255. The van der Waals surface area contributed by atoms with Crippen LogP contribution in [0.2, 0.25) is 0 Å². The maximum Gasteiger partial charge on any atom is 0.182 e. The molecule has 1 heterocycles. The molecule has 1 aromatic heterocycles. The van der Waals surface area contributed by atoms with Crippen LogP contribution >= 0.6 is 0 Å². The minimum Gasteiger partial charge on any atom is -0.494 e. The first-order valence-electron chi connectivity index (χ1n) is 8.27. The SMILES string of the molecule is CCOc1ccc(C(=O)CN(c2ccccc2)c2ccccn2)cc1. The van der Waals surface area contributed by atoms with Gasteiger partial charge in [0.25, 0.3) is 0 Å². The third-order valence-corrected chi connectivity index (χ3v) is 3.78. The molecule has 3 aromatic rings. The van der Waals surface area contributed by atoms with Crippen molar-refractivity contribution < 1.29 is 9.53 Å². The summed E-state index contributed by atoms with van der Waals surface area (Å²) in [4.78, 5) is 19.1. The van der Waals surface area contributed by atoms with Gasteiger partial charge in [0.2, 0.25) is 0 Å². The predicted molar refractivity (Wildman–Crippen MR) is 99.6 cm³/mol. The number of nitrogens with zero attached hydrogens (tertiary/aromatic N) is 2. The third kappa shape index (κ3) is 4.23. The van der Waals surface area contributed by atoms with Gasteiger partial charge in [0.05, 0.1) is 13.2 Å². The average Bonchev–Trinajstić information content (AvgIpc) is 2.68. The highest BCUT2D eigenvalue weighted by molar-refractivity contribution is 6.00. The Kier molecular flexibility index (Phi) is 5.42. The van der Waals surface area contributed by atoms with Gasteiger partial charge >= 0.3 is 0 Å². The second-order valence-corrected chi connectivity index (χ2v) is 5.49. The van der Waals surface area contributed by atoms with Crippen molar-refractivity contribution in [2.45, 2.75) is 6.92 Å². The number of ketones is 1. The lowest BCUT2D eigenvalue weighted by Gasteiger charge is -2.23. The molecular weight excluding hydrogens is 312 g/mol. The topological polar surface area (TPSA) is 42.4 Å². The van der Waals surface area contributed by atoms with Gasteiger partial charge in [-0.15, -0.1) is 0 Å². The van der Waals surface area contributed by atoms with E-state index in [0.29, 0.717) is 12.2 Å². The highest BCUT2D eigenvalue weighted by Gasteiger charge is 2.16. The van der Waals surface area contributed by atoms with Crippen molar-refractivity contribution >= 4 is 17.3 Å². The highest BCUT2D eigenvalue weighted by atomic mass is 16.5. The van der Waals surface area contributed by atoms with Crippen LogP contribution in [0.3, 0.4) is 0 Å². The van der Waals surface area contributed by atoms with Gasteiger partial charge in [-0.2, -0.15) is 0 Å². The fourth-order valence-corrected chi connectivity index (χ4v) is 2.56. The van der Waals surface area contributed by atoms with Crippen LogP contribution in [0.1, 0.15) is 17.3 Å². The van der Waals surface area contributed by atoms with E-state index in [2.05, 4.69) is 4.98 Å². The maximum absolute atomic E-state index is 12.8. The largest absolute Gasteiger partial charge is 0.494 e. The van der Waals surface area contributed by atoms with Crippen molar-refractivity contribution in [2.75, 3.05) is 18.1 Å². The van der Waals surface area contributed by atoms with Crippen molar-refractivity contribution in [1.29, 1.82) is 0 Å². The highest BCUT2D eigenvalue weighted by Crippen LogP contribution is 2.23. The lowest BCUT2D eigenvalue weighted by atomic mass is 10.1. The number of pyridine rings is 1. The van der Waals surface area contributed by atoms with Gasteiger partial charge < -0.3 is 9.64 Å². The van der Waals surface area contributed by atoms with Crippen LogP contribution in [0.5, 0.6) is 5.75 Å². The van der Waals surface area contributed by atoms with Crippen LogP contribution in [-0.4, -0.2) is 23.9 Å². The van der Waals surface area contributed by atoms with Gasteiger partial charge in [0.1, 0.15) is 11.6 Å². The predicted octanol–water partition coefficient (Wildman–Crippen LogP) is 4.50. The molecule has 2 aromatic carbocycles. The lowest BCUT2D eigenvalue weighted by molar-refractivity contribution is 0.100. The molecule has 0 saturated heterocycles. The Morgan fingerprint density at radius 2 is 1.68 bits per heavy atom. The van der Waals surface area contributed by atoms with E-state index < -0.39 is 0 Å². The average molecular weight is 332 g/mol. The van der Waals surface area contributed by atoms with Crippen LogP contribution in [0.4, 0.5) is 11.5 Å². The van der Waals surface area contributed by atoms with E-state index in [4.69, 9.17) is 4.74 Å². The Bertz CT molecular complexity index is 763. The first-order valence-corrected chi connectivity index (χ1v) is 8.27. The second kappa shape index (κ2) is 8.11. The molecule has 0 atom stereocenters. The van der Waals surface area contributed by atoms with Crippen molar-refractivity contribution in [3.05, 3.63) is 84.6 Å². The Morgan fingerprint density at radius 1 is 0.960 bits per heavy atom.